The zero-order valence-corrected chi connectivity index (χ0v) is 13.5. The first-order valence-electron chi connectivity index (χ1n) is 7.41. The van der Waals surface area contributed by atoms with Crippen molar-refractivity contribution in [3.8, 4) is 11.3 Å². The van der Waals surface area contributed by atoms with E-state index in [2.05, 4.69) is 10.2 Å². The van der Waals surface area contributed by atoms with Crippen LogP contribution in [0, 0.1) is 0 Å². The Kier molecular flexibility index (Phi) is 4.34. The summed E-state index contributed by atoms with van der Waals surface area (Å²) in [5, 5.41) is 7.56. The largest absolute Gasteiger partial charge is 0.339 e. The minimum Gasteiger partial charge on any atom is -0.339 e. The topological polar surface area (TPSA) is 69.3 Å². The summed E-state index contributed by atoms with van der Waals surface area (Å²) < 4.78 is 0. The molecule has 1 aliphatic heterocycles. The summed E-state index contributed by atoms with van der Waals surface area (Å²) in [5.74, 6) is -0.0707. The van der Waals surface area contributed by atoms with Crippen LogP contribution < -0.4 is 0 Å². The molecule has 0 bridgehead atoms. The summed E-state index contributed by atoms with van der Waals surface area (Å²) in [7, 11) is 0. The summed E-state index contributed by atoms with van der Waals surface area (Å²) >= 11 is 6.16. The van der Waals surface area contributed by atoms with Crippen molar-refractivity contribution in [2.24, 2.45) is 0 Å². The van der Waals surface area contributed by atoms with E-state index in [-0.39, 0.29) is 11.8 Å². The Morgan fingerprint density at radius 1 is 1.13 bits per heavy atom. The van der Waals surface area contributed by atoms with E-state index in [1.807, 2.05) is 18.2 Å². The van der Waals surface area contributed by atoms with E-state index in [1.54, 1.807) is 28.9 Å². The molecular weight excluding hydrogens is 316 g/mol. The monoisotopic (exact) mass is 332 g/mol. The zero-order chi connectivity index (χ0) is 16.4. The third-order valence-corrected chi connectivity index (χ3v) is 4.30. The molecule has 0 saturated carbocycles. The van der Waals surface area contributed by atoms with Crippen molar-refractivity contribution in [2.75, 3.05) is 26.2 Å². The Balaban J connectivity index is 1.72. The SMILES string of the molecule is CC(=O)N1CCN(C(=O)c2cc(-c3ccccc3Cl)n[nH]2)CC1. The molecule has 0 atom stereocenters. The second-order valence-electron chi connectivity index (χ2n) is 5.44. The van der Waals surface area contributed by atoms with Gasteiger partial charge >= 0.3 is 0 Å². The van der Waals surface area contributed by atoms with Gasteiger partial charge in [-0.15, -0.1) is 0 Å². The molecule has 1 saturated heterocycles. The lowest BCUT2D eigenvalue weighted by atomic mass is 10.1. The zero-order valence-electron chi connectivity index (χ0n) is 12.8. The van der Waals surface area contributed by atoms with Gasteiger partial charge in [0.2, 0.25) is 5.91 Å². The molecule has 3 rings (SSSR count). The van der Waals surface area contributed by atoms with E-state index < -0.39 is 0 Å². The molecule has 1 N–H and O–H groups in total. The second kappa shape index (κ2) is 6.42. The van der Waals surface area contributed by atoms with Gasteiger partial charge in [-0.3, -0.25) is 14.7 Å². The Morgan fingerprint density at radius 3 is 2.43 bits per heavy atom. The molecule has 6 nitrogen and oxygen atoms in total. The average Bonchev–Trinajstić information content (AvgIpc) is 3.04. The van der Waals surface area contributed by atoms with Crippen LogP contribution in [0.1, 0.15) is 17.4 Å². The van der Waals surface area contributed by atoms with Crippen molar-refractivity contribution < 1.29 is 9.59 Å². The number of carbonyl (C=O) groups is 2. The fourth-order valence-corrected chi connectivity index (χ4v) is 2.87. The number of hydrogen-bond donors (Lipinski definition) is 1. The molecule has 2 aromatic rings. The molecule has 0 aliphatic carbocycles. The smallest absolute Gasteiger partial charge is 0.272 e. The Labute approximate surface area is 139 Å². The lowest BCUT2D eigenvalue weighted by Gasteiger charge is -2.33. The first-order chi connectivity index (χ1) is 11.1. The van der Waals surface area contributed by atoms with E-state index in [4.69, 9.17) is 11.6 Å². The van der Waals surface area contributed by atoms with Crippen molar-refractivity contribution in [1.82, 2.24) is 20.0 Å². The minimum absolute atomic E-state index is 0.0413. The molecule has 1 aromatic carbocycles. The molecule has 1 fully saturated rings. The number of amides is 2. The van der Waals surface area contributed by atoms with Crippen LogP contribution in [0.3, 0.4) is 0 Å². The van der Waals surface area contributed by atoms with Crippen LogP contribution in [0.4, 0.5) is 0 Å². The van der Waals surface area contributed by atoms with Crippen LogP contribution >= 0.6 is 11.6 Å². The lowest BCUT2D eigenvalue weighted by molar-refractivity contribution is -0.130. The second-order valence-corrected chi connectivity index (χ2v) is 5.85. The highest BCUT2D eigenvalue weighted by molar-refractivity contribution is 6.33. The van der Waals surface area contributed by atoms with E-state index in [0.29, 0.717) is 42.6 Å². The van der Waals surface area contributed by atoms with E-state index >= 15 is 0 Å². The molecule has 0 unspecified atom stereocenters. The maximum atomic E-state index is 12.5. The summed E-state index contributed by atoms with van der Waals surface area (Å²) in [5.41, 5.74) is 1.85. The van der Waals surface area contributed by atoms with Crippen LogP contribution in [0.5, 0.6) is 0 Å². The number of aromatic amines is 1. The van der Waals surface area contributed by atoms with E-state index in [0.717, 1.165) is 5.56 Å². The Morgan fingerprint density at radius 2 is 1.78 bits per heavy atom. The van der Waals surface area contributed by atoms with E-state index in [1.165, 1.54) is 0 Å². The molecule has 2 heterocycles. The van der Waals surface area contributed by atoms with Crippen LogP contribution in [-0.4, -0.2) is 58.0 Å². The predicted octanol–water partition coefficient (Wildman–Crippen LogP) is 2.03. The van der Waals surface area contributed by atoms with Gasteiger partial charge in [0.1, 0.15) is 5.69 Å². The molecule has 1 aromatic heterocycles. The molecule has 2 amide bonds. The fraction of sp³-hybridized carbons (Fsp3) is 0.312. The van der Waals surface area contributed by atoms with Crippen LogP contribution in [0.25, 0.3) is 11.3 Å². The number of hydrogen-bond acceptors (Lipinski definition) is 3. The summed E-state index contributed by atoms with van der Waals surface area (Å²) in [6.45, 7) is 3.72. The van der Waals surface area contributed by atoms with Gasteiger partial charge in [-0.2, -0.15) is 5.10 Å². The number of piperazine rings is 1. The van der Waals surface area contributed by atoms with Gasteiger partial charge in [0.15, 0.2) is 0 Å². The average molecular weight is 333 g/mol. The number of rotatable bonds is 2. The summed E-state index contributed by atoms with van der Waals surface area (Å²) in [4.78, 5) is 27.3. The highest BCUT2D eigenvalue weighted by atomic mass is 35.5. The van der Waals surface area contributed by atoms with Gasteiger partial charge in [0.25, 0.3) is 5.91 Å². The molecule has 0 radical (unpaired) electrons. The quantitative estimate of drug-likeness (QED) is 0.915. The first-order valence-corrected chi connectivity index (χ1v) is 7.79. The molecule has 7 heteroatoms. The van der Waals surface area contributed by atoms with Crippen molar-refractivity contribution in [1.29, 1.82) is 0 Å². The van der Waals surface area contributed by atoms with Crippen LogP contribution in [0.15, 0.2) is 30.3 Å². The predicted molar refractivity (Wildman–Crippen MR) is 87.2 cm³/mol. The summed E-state index contributed by atoms with van der Waals surface area (Å²) in [6, 6.07) is 9.07. The molecule has 0 spiro atoms. The molecular formula is C16H17ClN4O2. The number of aromatic nitrogens is 2. The van der Waals surface area contributed by atoms with Crippen molar-refractivity contribution in [2.45, 2.75) is 6.92 Å². The highest BCUT2D eigenvalue weighted by Gasteiger charge is 2.24. The maximum Gasteiger partial charge on any atom is 0.272 e. The van der Waals surface area contributed by atoms with Gasteiger partial charge in [-0.05, 0) is 12.1 Å². The molecule has 23 heavy (non-hydrogen) atoms. The van der Waals surface area contributed by atoms with Gasteiger partial charge < -0.3 is 9.80 Å². The van der Waals surface area contributed by atoms with Crippen LogP contribution in [0.2, 0.25) is 5.02 Å². The van der Waals surface area contributed by atoms with Gasteiger partial charge in [-0.1, -0.05) is 29.8 Å². The number of nitrogens with zero attached hydrogens (tertiary/aromatic N) is 3. The van der Waals surface area contributed by atoms with Crippen molar-refractivity contribution in [3.05, 3.63) is 41.0 Å². The maximum absolute atomic E-state index is 12.5. The normalized spacial score (nSPS) is 14.9. The standard InChI is InChI=1S/C16H17ClN4O2/c1-11(22)20-6-8-21(9-7-20)16(23)15-10-14(18-19-15)12-4-2-3-5-13(12)17/h2-5,10H,6-9H2,1H3,(H,18,19). The first kappa shape index (κ1) is 15.6. The lowest BCUT2D eigenvalue weighted by Crippen LogP contribution is -2.50. The molecule has 120 valence electrons. The van der Waals surface area contributed by atoms with Crippen molar-refractivity contribution in [3.63, 3.8) is 0 Å². The number of nitrogens with one attached hydrogen (secondary N) is 1. The minimum atomic E-state index is -0.112. The summed E-state index contributed by atoms with van der Waals surface area (Å²) in [6.07, 6.45) is 0. The number of carbonyl (C=O) groups excluding carboxylic acids is 2. The Hall–Kier alpha value is -2.34. The number of halogens is 1. The Bertz CT molecular complexity index is 735. The van der Waals surface area contributed by atoms with E-state index in [9.17, 15) is 9.59 Å². The van der Waals surface area contributed by atoms with Gasteiger partial charge in [0, 0.05) is 38.7 Å². The fourth-order valence-electron chi connectivity index (χ4n) is 2.63. The van der Waals surface area contributed by atoms with Gasteiger partial charge in [0.05, 0.1) is 10.7 Å². The van der Waals surface area contributed by atoms with Gasteiger partial charge in [-0.25, -0.2) is 0 Å². The number of H-pyrrole nitrogens is 1. The highest BCUT2D eigenvalue weighted by Crippen LogP contribution is 2.26. The third-order valence-electron chi connectivity index (χ3n) is 3.97. The number of benzene rings is 1. The van der Waals surface area contributed by atoms with Crippen molar-refractivity contribution >= 4 is 23.4 Å². The third kappa shape index (κ3) is 3.22. The van der Waals surface area contributed by atoms with Crippen LogP contribution in [-0.2, 0) is 4.79 Å². The molecule has 1 aliphatic rings.